The zero-order valence-corrected chi connectivity index (χ0v) is 10.0. The second-order valence-electron chi connectivity index (χ2n) is 3.50. The van der Waals surface area contributed by atoms with Gasteiger partial charge in [0.25, 0.3) is 5.79 Å². The van der Waals surface area contributed by atoms with E-state index in [4.69, 9.17) is 23.7 Å². The van der Waals surface area contributed by atoms with Gasteiger partial charge < -0.3 is 23.7 Å². The predicted molar refractivity (Wildman–Crippen MR) is 54.2 cm³/mol. The van der Waals surface area contributed by atoms with Gasteiger partial charge in [-0.05, 0) is 0 Å². The number of hydrogen-bond donors (Lipinski definition) is 0. The third-order valence-electron chi connectivity index (χ3n) is 2.67. The topological polar surface area (TPSA) is 63.2 Å². The van der Waals surface area contributed by atoms with Crippen LogP contribution in [0.5, 0.6) is 0 Å². The Kier molecular flexibility index (Phi) is 4.82. The summed E-state index contributed by atoms with van der Waals surface area (Å²) in [5.74, 6) is -1.71. The molecular formula is C10H18O6. The smallest absolute Gasteiger partial charge is 0.255 e. The van der Waals surface area contributed by atoms with Crippen molar-refractivity contribution < 1.29 is 28.5 Å². The monoisotopic (exact) mass is 234 g/mol. The molecule has 1 rings (SSSR count). The molecule has 94 valence electrons. The van der Waals surface area contributed by atoms with Crippen LogP contribution in [0.3, 0.4) is 0 Å². The maximum Gasteiger partial charge on any atom is 0.255 e. The second-order valence-corrected chi connectivity index (χ2v) is 3.50. The highest BCUT2D eigenvalue weighted by Crippen LogP contribution is 2.26. The standard InChI is InChI=1S/C10H18O6/c1-12-6-10(15-4)9(11)8(14-3)7(13-2)5-16-10/h7-8H,5-6H2,1-4H3/t7-,8-,10-/m0/s1. The van der Waals surface area contributed by atoms with E-state index in [9.17, 15) is 4.79 Å². The maximum absolute atomic E-state index is 12.1. The first-order valence-electron chi connectivity index (χ1n) is 4.93. The molecule has 1 aliphatic heterocycles. The predicted octanol–water partition coefficient (Wildman–Crippen LogP) is -0.395. The molecule has 0 aromatic heterocycles. The van der Waals surface area contributed by atoms with Gasteiger partial charge in [-0.1, -0.05) is 0 Å². The van der Waals surface area contributed by atoms with Gasteiger partial charge in [0.1, 0.15) is 18.8 Å². The van der Waals surface area contributed by atoms with Crippen molar-refractivity contribution >= 4 is 5.78 Å². The number of methoxy groups -OCH3 is 4. The number of hydrogen-bond acceptors (Lipinski definition) is 6. The molecule has 0 unspecified atom stereocenters. The van der Waals surface area contributed by atoms with E-state index in [1.54, 1.807) is 0 Å². The molecule has 3 atom stereocenters. The summed E-state index contributed by atoms with van der Waals surface area (Å²) in [5.41, 5.74) is 0. The van der Waals surface area contributed by atoms with Gasteiger partial charge in [-0.2, -0.15) is 0 Å². The molecule has 0 aliphatic carbocycles. The van der Waals surface area contributed by atoms with Crippen molar-refractivity contribution in [3.05, 3.63) is 0 Å². The lowest BCUT2D eigenvalue weighted by Gasteiger charge is -2.40. The summed E-state index contributed by atoms with van der Waals surface area (Å²) in [7, 11) is 5.83. The SMILES string of the molecule is COC[C@]1(OC)OC[C@H](OC)[C@H](OC)C1=O. The summed E-state index contributed by atoms with van der Waals surface area (Å²) in [6.07, 6.45) is -1.12. The zero-order chi connectivity index (χ0) is 12.2. The molecule has 1 heterocycles. The normalized spacial score (nSPS) is 35.4. The number of ether oxygens (including phenoxy) is 5. The van der Waals surface area contributed by atoms with Crippen LogP contribution >= 0.6 is 0 Å². The minimum atomic E-state index is -1.38. The molecular weight excluding hydrogens is 216 g/mol. The largest absolute Gasteiger partial charge is 0.379 e. The van der Waals surface area contributed by atoms with Gasteiger partial charge in [0.05, 0.1) is 6.61 Å². The summed E-state index contributed by atoms with van der Waals surface area (Å²) in [5, 5.41) is 0. The van der Waals surface area contributed by atoms with Crippen molar-refractivity contribution in [3.63, 3.8) is 0 Å². The average Bonchev–Trinajstić information content (AvgIpc) is 2.31. The molecule has 16 heavy (non-hydrogen) atoms. The van der Waals surface area contributed by atoms with Crippen LogP contribution in [0.15, 0.2) is 0 Å². The molecule has 0 aromatic rings. The van der Waals surface area contributed by atoms with Crippen molar-refractivity contribution in [1.82, 2.24) is 0 Å². The highest BCUT2D eigenvalue weighted by Gasteiger charge is 2.51. The maximum atomic E-state index is 12.1. The summed E-state index contributed by atoms with van der Waals surface area (Å²) in [4.78, 5) is 12.1. The van der Waals surface area contributed by atoms with Crippen molar-refractivity contribution in [2.75, 3.05) is 41.7 Å². The number of carbonyl (C=O) groups is 1. The van der Waals surface area contributed by atoms with Gasteiger partial charge in [0.15, 0.2) is 0 Å². The Hall–Kier alpha value is -0.530. The van der Waals surface area contributed by atoms with Crippen LogP contribution in [-0.2, 0) is 28.5 Å². The quantitative estimate of drug-likeness (QED) is 0.645. The van der Waals surface area contributed by atoms with Crippen molar-refractivity contribution in [2.45, 2.75) is 18.0 Å². The van der Waals surface area contributed by atoms with Crippen LogP contribution < -0.4 is 0 Å². The van der Waals surface area contributed by atoms with Crippen molar-refractivity contribution in [2.24, 2.45) is 0 Å². The van der Waals surface area contributed by atoms with E-state index >= 15 is 0 Å². The first kappa shape index (κ1) is 13.5. The van der Waals surface area contributed by atoms with Gasteiger partial charge >= 0.3 is 0 Å². The van der Waals surface area contributed by atoms with Crippen LogP contribution in [0, 0.1) is 0 Å². The van der Waals surface area contributed by atoms with Gasteiger partial charge in [-0.15, -0.1) is 0 Å². The number of carbonyl (C=O) groups excluding carboxylic acids is 1. The second kappa shape index (κ2) is 5.70. The highest BCUT2D eigenvalue weighted by molar-refractivity contribution is 5.91. The lowest BCUT2D eigenvalue weighted by atomic mass is 9.99. The molecule has 1 aliphatic rings. The first-order valence-corrected chi connectivity index (χ1v) is 4.93. The van der Waals surface area contributed by atoms with E-state index in [1.807, 2.05) is 0 Å². The molecule has 0 saturated carbocycles. The molecule has 0 amide bonds. The number of ketones is 1. The fraction of sp³-hybridized carbons (Fsp3) is 0.900. The molecule has 1 saturated heterocycles. The van der Waals surface area contributed by atoms with Crippen molar-refractivity contribution in [3.8, 4) is 0 Å². The number of rotatable bonds is 5. The summed E-state index contributed by atoms with van der Waals surface area (Å²) in [6, 6.07) is 0. The van der Waals surface area contributed by atoms with Crippen LogP contribution in [0.1, 0.15) is 0 Å². The van der Waals surface area contributed by atoms with E-state index in [2.05, 4.69) is 0 Å². The average molecular weight is 234 g/mol. The molecule has 0 bridgehead atoms. The zero-order valence-electron chi connectivity index (χ0n) is 10.0. The molecule has 0 aromatic carbocycles. The first-order chi connectivity index (χ1) is 7.65. The van der Waals surface area contributed by atoms with Crippen LogP contribution in [0.2, 0.25) is 0 Å². The van der Waals surface area contributed by atoms with E-state index in [0.717, 1.165) is 0 Å². The van der Waals surface area contributed by atoms with E-state index in [0.29, 0.717) is 0 Å². The van der Waals surface area contributed by atoms with Crippen molar-refractivity contribution in [1.29, 1.82) is 0 Å². The van der Waals surface area contributed by atoms with Crippen LogP contribution in [0.25, 0.3) is 0 Å². The third kappa shape index (κ3) is 2.26. The van der Waals surface area contributed by atoms with Gasteiger partial charge in [-0.25, -0.2) is 0 Å². The van der Waals surface area contributed by atoms with Crippen LogP contribution in [-0.4, -0.2) is 65.4 Å². The Morgan fingerprint density at radius 1 is 1.31 bits per heavy atom. The minimum absolute atomic E-state index is 0.0264. The van der Waals surface area contributed by atoms with E-state index < -0.39 is 18.0 Å². The molecule has 6 nitrogen and oxygen atoms in total. The fourth-order valence-electron chi connectivity index (χ4n) is 1.73. The Bertz CT molecular complexity index is 243. The Morgan fingerprint density at radius 2 is 2.00 bits per heavy atom. The van der Waals surface area contributed by atoms with E-state index in [-0.39, 0.29) is 19.0 Å². The van der Waals surface area contributed by atoms with Gasteiger partial charge in [-0.3, -0.25) is 4.79 Å². The molecule has 0 spiro atoms. The third-order valence-corrected chi connectivity index (χ3v) is 2.67. The Morgan fingerprint density at radius 3 is 2.44 bits per heavy atom. The molecule has 0 radical (unpaired) electrons. The fourth-order valence-corrected chi connectivity index (χ4v) is 1.73. The highest BCUT2D eigenvalue weighted by atomic mass is 16.7. The molecule has 6 heteroatoms. The number of Topliss-reactive ketones (excluding diaryl/α,β-unsaturated/α-hetero) is 1. The molecule has 1 fully saturated rings. The van der Waals surface area contributed by atoms with Gasteiger partial charge in [0.2, 0.25) is 5.78 Å². The van der Waals surface area contributed by atoms with Crippen LogP contribution in [0.4, 0.5) is 0 Å². The Labute approximate surface area is 94.7 Å². The molecule has 0 N–H and O–H groups in total. The Balaban J connectivity index is 2.87. The van der Waals surface area contributed by atoms with Gasteiger partial charge in [0, 0.05) is 28.4 Å². The van der Waals surface area contributed by atoms with E-state index in [1.165, 1.54) is 28.4 Å². The lowest BCUT2D eigenvalue weighted by Crippen LogP contribution is -2.61. The minimum Gasteiger partial charge on any atom is -0.379 e. The summed E-state index contributed by atoms with van der Waals surface area (Å²) < 4.78 is 25.7. The summed E-state index contributed by atoms with van der Waals surface area (Å²) in [6.45, 7) is 0.247. The summed E-state index contributed by atoms with van der Waals surface area (Å²) >= 11 is 0. The lowest BCUT2D eigenvalue weighted by molar-refractivity contribution is -0.272.